The molecular formula is C43H80NO12P. The second-order valence-electron chi connectivity index (χ2n) is 15.7. The van der Waals surface area contributed by atoms with Gasteiger partial charge in [-0.3, -0.25) is 13.8 Å². The lowest BCUT2D eigenvalue weighted by molar-refractivity contribution is -0.220. The fraction of sp³-hybridized carbons (Fsp3) is 0.837. The highest BCUT2D eigenvalue weighted by atomic mass is 31.2. The smallest absolute Gasteiger partial charge is 0.393 e. The summed E-state index contributed by atoms with van der Waals surface area (Å²) in [5.74, 6) is -0.621. The van der Waals surface area contributed by atoms with E-state index in [0.29, 0.717) is 19.3 Å². The maximum absolute atomic E-state index is 12.9. The molecule has 0 radical (unpaired) electrons. The Labute approximate surface area is 343 Å². The summed E-state index contributed by atoms with van der Waals surface area (Å²) >= 11 is 0. The Kier molecular flexibility index (Phi) is 31.2. The van der Waals surface area contributed by atoms with E-state index >= 15 is 0 Å². The maximum Gasteiger partial charge on any atom is 0.472 e. The lowest BCUT2D eigenvalue weighted by atomic mass is 9.85. The number of nitrogens with one attached hydrogen (secondary N) is 1. The quantitative estimate of drug-likeness (QED) is 0.0187. The topological polar surface area (TPSA) is 226 Å². The highest BCUT2D eigenvalue weighted by Gasteiger charge is 2.51. The third kappa shape index (κ3) is 25.7. The van der Waals surface area contributed by atoms with E-state index in [1.165, 1.54) is 96.0 Å². The first-order chi connectivity index (χ1) is 27.3. The van der Waals surface area contributed by atoms with Gasteiger partial charge in [-0.05, 0) is 57.8 Å². The van der Waals surface area contributed by atoms with Gasteiger partial charge in [-0.1, -0.05) is 140 Å². The third-order valence-electron chi connectivity index (χ3n) is 10.4. The van der Waals surface area contributed by atoms with Crippen molar-refractivity contribution in [2.24, 2.45) is 0 Å². The van der Waals surface area contributed by atoms with Gasteiger partial charge in [0.25, 0.3) is 0 Å². The molecule has 8 atom stereocenters. The molecule has 57 heavy (non-hydrogen) atoms. The first-order valence-electron chi connectivity index (χ1n) is 22.0. The molecule has 1 fully saturated rings. The molecule has 0 aliphatic heterocycles. The number of rotatable bonds is 35. The Morgan fingerprint density at radius 1 is 0.614 bits per heavy atom. The Morgan fingerprint density at radius 2 is 1.04 bits per heavy atom. The predicted molar refractivity (Wildman–Crippen MR) is 224 cm³/mol. The van der Waals surface area contributed by atoms with Gasteiger partial charge in [0.15, 0.2) is 0 Å². The van der Waals surface area contributed by atoms with Crippen molar-refractivity contribution in [3.05, 3.63) is 36.5 Å². The zero-order valence-electron chi connectivity index (χ0n) is 35.0. The number of phosphoric ester groups is 1. The highest BCUT2D eigenvalue weighted by Crippen LogP contribution is 2.47. The number of hydrogen-bond donors (Lipinski definition) is 9. The van der Waals surface area contributed by atoms with E-state index in [1.807, 2.05) is 0 Å². The predicted octanol–water partition coefficient (Wildman–Crippen LogP) is 6.58. The molecule has 0 saturated heterocycles. The summed E-state index contributed by atoms with van der Waals surface area (Å²) in [4.78, 5) is 23.3. The van der Waals surface area contributed by atoms with Gasteiger partial charge in [-0.15, -0.1) is 0 Å². The number of unbranched alkanes of at least 4 members (excludes halogenated alkanes) is 18. The molecule has 1 amide bonds. The van der Waals surface area contributed by atoms with E-state index < -0.39 is 75.2 Å². The molecule has 0 aromatic rings. The van der Waals surface area contributed by atoms with E-state index in [0.717, 1.165) is 38.5 Å². The largest absolute Gasteiger partial charge is 0.472 e. The third-order valence-corrected chi connectivity index (χ3v) is 11.4. The number of phosphoric acid groups is 1. The van der Waals surface area contributed by atoms with E-state index in [2.05, 4.69) is 43.5 Å². The number of carbonyl (C=O) groups is 1. The van der Waals surface area contributed by atoms with Gasteiger partial charge in [0, 0.05) is 0 Å². The minimum atomic E-state index is -5.15. The van der Waals surface area contributed by atoms with Crippen LogP contribution in [0.25, 0.3) is 0 Å². The Balaban J connectivity index is 2.64. The van der Waals surface area contributed by atoms with Crippen molar-refractivity contribution in [2.45, 2.75) is 223 Å². The van der Waals surface area contributed by atoms with Crippen LogP contribution in [0.5, 0.6) is 0 Å². The molecule has 8 unspecified atom stereocenters. The van der Waals surface area contributed by atoms with Gasteiger partial charge in [-0.2, -0.15) is 0 Å². The minimum Gasteiger partial charge on any atom is -0.393 e. The lowest BCUT2D eigenvalue weighted by Gasteiger charge is -2.41. The number of aliphatic hydroxyl groups excluding tert-OH is 7. The SMILES string of the molecule is CCCCCCCC/C=C\CCCC(O)CC(=O)NC(COP(=O)(O)OC1C(O)C(O)C(O)C(O)C1O)C(O)/C=C/CC/C=C/CCCCCCCCCCCC. The summed E-state index contributed by atoms with van der Waals surface area (Å²) in [6, 6.07) is -1.26. The summed E-state index contributed by atoms with van der Waals surface area (Å²) in [5, 5.41) is 74.2. The number of hydrogen-bond acceptors (Lipinski definition) is 11. The van der Waals surface area contributed by atoms with Crippen LogP contribution in [0.1, 0.15) is 168 Å². The van der Waals surface area contributed by atoms with Gasteiger partial charge in [0.05, 0.1) is 31.3 Å². The molecule has 9 N–H and O–H groups in total. The minimum absolute atomic E-state index is 0.274. The number of aliphatic hydroxyl groups is 7. The maximum atomic E-state index is 12.9. The van der Waals surface area contributed by atoms with Gasteiger partial charge in [0.1, 0.15) is 36.6 Å². The zero-order chi connectivity index (χ0) is 42.3. The average Bonchev–Trinajstić information content (AvgIpc) is 3.18. The van der Waals surface area contributed by atoms with Crippen LogP contribution in [-0.4, -0.2) is 108 Å². The second-order valence-corrected chi connectivity index (χ2v) is 17.1. The normalized spacial score (nSPS) is 24.3. The molecule has 14 heteroatoms. The molecule has 334 valence electrons. The van der Waals surface area contributed by atoms with Crippen molar-refractivity contribution in [1.82, 2.24) is 5.32 Å². The molecule has 0 aromatic heterocycles. The molecule has 0 heterocycles. The monoisotopic (exact) mass is 834 g/mol. The standard InChI is InChI=1S/C43H80NO12P/c1-3-5-7-9-11-13-15-16-17-18-19-21-23-25-27-29-31-36(46)35(33-55-57(53,54)56-43-41(51)39(49)38(48)40(50)42(43)52)44-37(47)32-34(45)30-28-26-24-22-20-14-12-10-8-6-4-2/h21-24,29,31,34-36,38-43,45-46,48-52H,3-20,25-28,30,32-33H2,1-2H3,(H,44,47)(H,53,54)/b23-21+,24-22-,31-29+. The van der Waals surface area contributed by atoms with Crippen molar-refractivity contribution in [2.75, 3.05) is 6.61 Å². The fourth-order valence-electron chi connectivity index (χ4n) is 6.78. The van der Waals surface area contributed by atoms with Crippen LogP contribution in [0.15, 0.2) is 36.5 Å². The van der Waals surface area contributed by atoms with E-state index in [1.54, 1.807) is 6.08 Å². The van der Waals surface area contributed by atoms with E-state index in [9.17, 15) is 50.0 Å². The molecule has 1 aliphatic rings. The molecule has 0 aromatic carbocycles. The highest BCUT2D eigenvalue weighted by molar-refractivity contribution is 7.47. The van der Waals surface area contributed by atoms with Crippen LogP contribution in [0.4, 0.5) is 0 Å². The van der Waals surface area contributed by atoms with Crippen LogP contribution >= 0.6 is 7.82 Å². The van der Waals surface area contributed by atoms with Crippen molar-refractivity contribution in [3.63, 3.8) is 0 Å². The van der Waals surface area contributed by atoms with E-state index in [-0.39, 0.29) is 6.42 Å². The molecule has 13 nitrogen and oxygen atoms in total. The Morgan fingerprint density at radius 3 is 1.54 bits per heavy atom. The van der Waals surface area contributed by atoms with Gasteiger partial charge in [0.2, 0.25) is 5.91 Å². The molecule has 0 spiro atoms. The van der Waals surface area contributed by atoms with Gasteiger partial charge in [-0.25, -0.2) is 4.57 Å². The second kappa shape index (κ2) is 33.3. The average molecular weight is 834 g/mol. The summed E-state index contributed by atoms with van der Waals surface area (Å²) in [5.41, 5.74) is 0. The molecule has 1 rings (SSSR count). The number of allylic oxidation sites excluding steroid dienone is 5. The lowest BCUT2D eigenvalue weighted by Crippen LogP contribution is -2.64. The molecular weight excluding hydrogens is 753 g/mol. The van der Waals surface area contributed by atoms with Crippen LogP contribution in [0.2, 0.25) is 0 Å². The summed E-state index contributed by atoms with van der Waals surface area (Å²) in [7, 11) is -5.15. The zero-order valence-corrected chi connectivity index (χ0v) is 35.9. The van der Waals surface area contributed by atoms with Gasteiger partial charge >= 0.3 is 7.82 Å². The fourth-order valence-corrected chi connectivity index (χ4v) is 7.75. The van der Waals surface area contributed by atoms with Crippen LogP contribution in [0, 0.1) is 0 Å². The van der Waals surface area contributed by atoms with Crippen molar-refractivity contribution < 1.29 is 59.0 Å². The Hall–Kier alpha value is -1.48. The summed E-state index contributed by atoms with van der Waals surface area (Å²) < 4.78 is 22.8. The van der Waals surface area contributed by atoms with Crippen LogP contribution in [-0.2, 0) is 18.4 Å². The first-order valence-corrected chi connectivity index (χ1v) is 23.5. The first kappa shape index (κ1) is 53.5. The Bertz CT molecular complexity index is 1120. The van der Waals surface area contributed by atoms with Crippen LogP contribution in [0.3, 0.4) is 0 Å². The summed E-state index contributed by atoms with van der Waals surface area (Å²) in [6.45, 7) is 3.68. The van der Waals surface area contributed by atoms with E-state index in [4.69, 9.17) is 9.05 Å². The molecule has 1 saturated carbocycles. The number of amides is 1. The van der Waals surface area contributed by atoms with Crippen LogP contribution < -0.4 is 5.32 Å². The van der Waals surface area contributed by atoms with Crippen molar-refractivity contribution >= 4 is 13.7 Å². The number of carbonyl (C=O) groups excluding carboxylic acids is 1. The molecule has 1 aliphatic carbocycles. The summed E-state index contributed by atoms with van der Waals surface area (Å²) in [6.07, 6.45) is 22.5. The molecule has 0 bridgehead atoms. The van der Waals surface area contributed by atoms with Gasteiger partial charge < -0.3 is 46.0 Å². The van der Waals surface area contributed by atoms with Crippen molar-refractivity contribution in [3.8, 4) is 0 Å². The van der Waals surface area contributed by atoms with Crippen molar-refractivity contribution in [1.29, 1.82) is 0 Å².